The molecule has 0 bridgehead atoms. The van der Waals surface area contributed by atoms with E-state index in [2.05, 4.69) is 9.47 Å². The van der Waals surface area contributed by atoms with E-state index in [-0.39, 0.29) is 16.9 Å². The van der Waals surface area contributed by atoms with Crippen molar-refractivity contribution in [2.24, 2.45) is 0 Å². The zero-order chi connectivity index (χ0) is 23.8. The summed E-state index contributed by atoms with van der Waals surface area (Å²) in [7, 11) is 0. The van der Waals surface area contributed by atoms with Gasteiger partial charge in [0.2, 0.25) is 22.8 Å². The maximum absolute atomic E-state index is 12.9. The van der Waals surface area contributed by atoms with Crippen molar-refractivity contribution in [3.8, 4) is 0 Å². The Kier molecular flexibility index (Phi) is 5.46. The monoisotopic (exact) mass is 449 g/mol. The Bertz CT molecular complexity index is 1470. The van der Waals surface area contributed by atoms with Crippen molar-refractivity contribution >= 4 is 40.3 Å². The Hall–Kier alpha value is -4.25. The molecule has 34 heavy (non-hydrogen) atoms. The molecule has 5 rings (SSSR count). The van der Waals surface area contributed by atoms with E-state index in [1.165, 1.54) is 0 Å². The average Bonchev–Trinajstić information content (AvgIpc) is 3.06. The van der Waals surface area contributed by atoms with Gasteiger partial charge in [0.1, 0.15) is 12.3 Å². The lowest BCUT2D eigenvalue weighted by Gasteiger charge is -2.29. The van der Waals surface area contributed by atoms with E-state index in [9.17, 15) is 14.7 Å². The molecule has 0 amide bonds. The summed E-state index contributed by atoms with van der Waals surface area (Å²) in [4.78, 5) is 27.8. The minimum Gasteiger partial charge on any atom is -0.506 e. The molecule has 1 aliphatic carbocycles. The molecule has 168 valence electrons. The predicted octanol–water partition coefficient (Wildman–Crippen LogP) is 4.93. The fourth-order valence-corrected chi connectivity index (χ4v) is 4.68. The molecule has 2 aromatic carbocycles. The molecule has 0 saturated carbocycles. The van der Waals surface area contributed by atoms with Gasteiger partial charge in [-0.1, -0.05) is 36.4 Å². The Labute approximate surface area is 198 Å². The zero-order valence-electron chi connectivity index (χ0n) is 19.2. The van der Waals surface area contributed by atoms with Gasteiger partial charge in [-0.3, -0.25) is 9.59 Å². The summed E-state index contributed by atoms with van der Waals surface area (Å²) in [5.41, 5.74) is 4.67. The molecule has 0 radical (unpaired) electrons. The summed E-state index contributed by atoms with van der Waals surface area (Å²) in [6.45, 7) is 5.40. The first-order valence-electron chi connectivity index (χ1n) is 11.5. The summed E-state index contributed by atoms with van der Waals surface area (Å²) in [5.74, 6) is -1.66. The summed E-state index contributed by atoms with van der Waals surface area (Å²) in [5, 5.41) is 12.1. The minimum atomic E-state index is -0.691. The molecule has 0 saturated heterocycles. The third-order valence-electron chi connectivity index (χ3n) is 6.37. The normalized spacial score (nSPS) is 18.0. The number of benzene rings is 2. The second kappa shape index (κ2) is 8.60. The van der Waals surface area contributed by atoms with Gasteiger partial charge in [0, 0.05) is 41.5 Å². The number of carbonyl (C=O) groups excluding carboxylic acids is 2. The molecule has 0 spiro atoms. The third-order valence-corrected chi connectivity index (χ3v) is 6.37. The molecule has 2 heterocycles. The third kappa shape index (κ3) is 3.46. The molecule has 5 nitrogen and oxygen atoms in total. The highest BCUT2D eigenvalue weighted by Crippen LogP contribution is 2.33. The lowest BCUT2D eigenvalue weighted by molar-refractivity contribution is -0.669. The summed E-state index contributed by atoms with van der Waals surface area (Å²) in [6.07, 6.45) is 7.10. The van der Waals surface area contributed by atoms with Crippen molar-refractivity contribution in [2.45, 2.75) is 20.4 Å². The second-order valence-electron chi connectivity index (χ2n) is 8.25. The molecule has 0 fully saturated rings. The Morgan fingerprint density at radius 2 is 1.65 bits per heavy atom. The lowest BCUT2D eigenvalue weighted by Crippen LogP contribution is -2.36. The number of anilines is 1. The van der Waals surface area contributed by atoms with Crippen LogP contribution in [0.4, 0.5) is 5.69 Å². The van der Waals surface area contributed by atoms with Crippen molar-refractivity contribution in [3.63, 3.8) is 0 Å². The van der Waals surface area contributed by atoms with E-state index in [4.69, 9.17) is 0 Å². The van der Waals surface area contributed by atoms with Gasteiger partial charge >= 0.3 is 0 Å². The van der Waals surface area contributed by atoms with Crippen molar-refractivity contribution in [1.29, 1.82) is 0 Å². The number of pyridine rings is 1. The number of likely N-dealkylation sites (N-methyl/N-ethyl adjacent to an activating group) is 1. The van der Waals surface area contributed by atoms with Crippen LogP contribution in [0.3, 0.4) is 0 Å². The second-order valence-corrected chi connectivity index (χ2v) is 8.25. The van der Waals surface area contributed by atoms with Gasteiger partial charge in [-0.25, -0.2) is 0 Å². The molecule has 2 aliphatic rings. The number of rotatable bonds is 4. The number of aliphatic hydroxyl groups is 1. The van der Waals surface area contributed by atoms with Crippen LogP contribution in [-0.2, 0) is 16.1 Å². The SMILES string of the molecule is CCN1/C(=C/C2=C(O)C(=C/c3ccc4ccccc4[n+]3CC)/C(=O)C2=O)C=Cc2ccccc21. The van der Waals surface area contributed by atoms with Crippen LogP contribution in [0.15, 0.2) is 95.4 Å². The largest absolute Gasteiger partial charge is 0.506 e. The number of aliphatic hydroxyl groups excluding tert-OH is 1. The number of Topliss-reactive ketones (excluding diaryl/α,β-unsaturated/α-hetero) is 2. The number of aryl methyl sites for hydroxylation is 1. The van der Waals surface area contributed by atoms with Crippen LogP contribution in [0.2, 0.25) is 0 Å². The first-order chi connectivity index (χ1) is 16.5. The fourth-order valence-electron chi connectivity index (χ4n) is 4.68. The Morgan fingerprint density at radius 1 is 0.882 bits per heavy atom. The predicted molar refractivity (Wildman–Crippen MR) is 134 cm³/mol. The topological polar surface area (TPSA) is 61.5 Å². The number of ketones is 2. The highest BCUT2D eigenvalue weighted by atomic mass is 16.3. The van der Waals surface area contributed by atoms with Crippen LogP contribution >= 0.6 is 0 Å². The number of para-hydroxylation sites is 2. The van der Waals surface area contributed by atoms with Gasteiger partial charge in [0.25, 0.3) is 0 Å². The number of hydrogen-bond acceptors (Lipinski definition) is 4. The molecule has 1 aromatic heterocycles. The van der Waals surface area contributed by atoms with Crippen LogP contribution in [0.25, 0.3) is 23.1 Å². The molecular formula is C29H25N2O3+. The average molecular weight is 450 g/mol. The quantitative estimate of drug-likeness (QED) is 0.349. The minimum absolute atomic E-state index is 0.0255. The van der Waals surface area contributed by atoms with Crippen LogP contribution in [0, 0.1) is 0 Å². The maximum Gasteiger partial charge on any atom is 0.237 e. The summed E-state index contributed by atoms with van der Waals surface area (Å²) >= 11 is 0. The number of hydrogen-bond donors (Lipinski definition) is 1. The summed E-state index contributed by atoms with van der Waals surface area (Å²) in [6, 6.07) is 19.8. The maximum atomic E-state index is 12.9. The molecule has 1 N–H and O–H groups in total. The van der Waals surface area contributed by atoms with Crippen molar-refractivity contribution in [3.05, 3.63) is 107 Å². The number of allylic oxidation sites excluding steroid dienone is 4. The van der Waals surface area contributed by atoms with E-state index in [1.807, 2.05) is 86.7 Å². The molecular weight excluding hydrogens is 424 g/mol. The van der Waals surface area contributed by atoms with Crippen LogP contribution in [0.5, 0.6) is 0 Å². The standard InChI is InChI=1S/C29H24N2O3/c1-3-30-21(15-13-19-9-5-7-11-25(19)30)17-23-27(32)24(29(34)28(23)33)18-22-16-14-20-10-6-8-12-26(20)31(22)4-2/h5-18H,3-4H2,1-2H3/p+1. The van der Waals surface area contributed by atoms with Crippen molar-refractivity contribution < 1.29 is 19.3 Å². The molecule has 3 aromatic rings. The lowest BCUT2D eigenvalue weighted by atomic mass is 10.0. The van der Waals surface area contributed by atoms with Crippen LogP contribution < -0.4 is 9.47 Å². The van der Waals surface area contributed by atoms with Gasteiger partial charge in [-0.15, -0.1) is 0 Å². The van der Waals surface area contributed by atoms with Gasteiger partial charge in [0.05, 0.1) is 11.1 Å². The number of nitrogens with zero attached hydrogens (tertiary/aromatic N) is 2. The van der Waals surface area contributed by atoms with E-state index in [1.54, 1.807) is 12.2 Å². The Morgan fingerprint density at radius 3 is 2.44 bits per heavy atom. The number of fused-ring (bicyclic) bond motifs is 2. The number of aromatic nitrogens is 1. The highest BCUT2D eigenvalue weighted by Gasteiger charge is 2.36. The van der Waals surface area contributed by atoms with E-state index < -0.39 is 11.6 Å². The van der Waals surface area contributed by atoms with Crippen molar-refractivity contribution in [2.75, 3.05) is 11.4 Å². The van der Waals surface area contributed by atoms with Gasteiger partial charge in [-0.05, 0) is 49.8 Å². The number of carbonyl (C=O) groups is 2. The van der Waals surface area contributed by atoms with E-state index >= 15 is 0 Å². The smallest absolute Gasteiger partial charge is 0.237 e. The van der Waals surface area contributed by atoms with Crippen LogP contribution in [-0.4, -0.2) is 23.2 Å². The summed E-state index contributed by atoms with van der Waals surface area (Å²) < 4.78 is 2.06. The Balaban J connectivity index is 1.60. The first-order valence-corrected chi connectivity index (χ1v) is 11.5. The van der Waals surface area contributed by atoms with Crippen LogP contribution in [0.1, 0.15) is 25.1 Å². The first kappa shape index (κ1) is 21.6. The van der Waals surface area contributed by atoms with Gasteiger partial charge < -0.3 is 10.0 Å². The van der Waals surface area contributed by atoms with Gasteiger partial charge in [-0.2, -0.15) is 4.57 Å². The van der Waals surface area contributed by atoms with E-state index in [0.717, 1.165) is 33.5 Å². The van der Waals surface area contributed by atoms with Gasteiger partial charge in [0.15, 0.2) is 0 Å². The van der Waals surface area contributed by atoms with E-state index in [0.29, 0.717) is 13.1 Å². The van der Waals surface area contributed by atoms with Crippen molar-refractivity contribution in [1.82, 2.24) is 0 Å². The zero-order valence-corrected chi connectivity index (χ0v) is 19.2. The fraction of sp³-hybridized carbons (Fsp3) is 0.138. The molecule has 1 aliphatic heterocycles. The molecule has 0 unspecified atom stereocenters. The molecule has 5 heteroatoms. The molecule has 0 atom stereocenters. The highest BCUT2D eigenvalue weighted by molar-refractivity contribution is 6.54.